The second-order valence-corrected chi connectivity index (χ2v) is 9.78. The van der Waals surface area contributed by atoms with Gasteiger partial charge in [0.15, 0.2) is 5.82 Å². The molecule has 2 aliphatic rings. The van der Waals surface area contributed by atoms with Gasteiger partial charge in [-0.1, -0.05) is 50.4 Å². The molecule has 7 heteroatoms. The van der Waals surface area contributed by atoms with Crippen LogP contribution in [0.4, 0.5) is 0 Å². The topological polar surface area (TPSA) is 99.1 Å². The fourth-order valence-corrected chi connectivity index (χ4v) is 5.00. The summed E-state index contributed by atoms with van der Waals surface area (Å²) in [6.07, 6.45) is 6.06. The molecule has 0 aliphatic heterocycles. The number of nitrogens with two attached hydrogens (primary N) is 1. The number of nitrogens with zero attached hydrogens (tertiary/aromatic N) is 2. The Bertz CT molecular complexity index is 896. The minimum Gasteiger partial charge on any atom is -0.339 e. The predicted octanol–water partition coefficient (Wildman–Crippen LogP) is 3.67. The van der Waals surface area contributed by atoms with E-state index in [1.165, 1.54) is 19.3 Å². The number of benzene rings is 1. The van der Waals surface area contributed by atoms with Crippen molar-refractivity contribution >= 4 is 10.0 Å². The molecule has 2 aliphatic carbocycles. The number of primary sulfonamides is 1. The second-order valence-electron chi connectivity index (χ2n) is 8.22. The van der Waals surface area contributed by atoms with Gasteiger partial charge in [0, 0.05) is 11.8 Å². The summed E-state index contributed by atoms with van der Waals surface area (Å²) < 4.78 is 28.5. The van der Waals surface area contributed by atoms with Crippen molar-refractivity contribution in [3.63, 3.8) is 0 Å². The smallest absolute Gasteiger partial charge is 0.238 e. The third-order valence-corrected chi connectivity index (χ3v) is 7.02. The van der Waals surface area contributed by atoms with Gasteiger partial charge in [0.1, 0.15) is 0 Å². The summed E-state index contributed by atoms with van der Waals surface area (Å²) in [6, 6.07) is 6.81. The number of aromatic nitrogens is 2. The predicted molar refractivity (Wildman–Crippen MR) is 97.2 cm³/mol. The minimum absolute atomic E-state index is 0.000521. The van der Waals surface area contributed by atoms with E-state index in [0.717, 1.165) is 24.2 Å². The first-order valence-corrected chi connectivity index (χ1v) is 10.8. The van der Waals surface area contributed by atoms with E-state index in [2.05, 4.69) is 19.0 Å². The highest BCUT2D eigenvalue weighted by molar-refractivity contribution is 7.89. The molecule has 2 fully saturated rings. The van der Waals surface area contributed by atoms with Gasteiger partial charge in [-0.2, -0.15) is 4.98 Å². The van der Waals surface area contributed by atoms with E-state index in [4.69, 9.17) is 14.6 Å². The quantitative estimate of drug-likeness (QED) is 0.879. The highest BCUT2D eigenvalue weighted by Crippen LogP contribution is 2.69. The fourth-order valence-electron chi connectivity index (χ4n) is 4.49. The molecular weight excluding hydrogens is 350 g/mol. The molecular formula is C19H25N3O3S. The number of hydrogen-bond acceptors (Lipinski definition) is 5. The largest absolute Gasteiger partial charge is 0.339 e. The summed E-state index contributed by atoms with van der Waals surface area (Å²) in [5, 5.41) is 9.44. The van der Waals surface area contributed by atoms with Crippen molar-refractivity contribution in [1.82, 2.24) is 10.1 Å². The Balaban J connectivity index is 1.55. The van der Waals surface area contributed by atoms with Crippen molar-refractivity contribution in [3.8, 4) is 0 Å². The van der Waals surface area contributed by atoms with E-state index in [0.29, 0.717) is 11.8 Å². The lowest BCUT2D eigenvalue weighted by atomic mass is 9.89. The van der Waals surface area contributed by atoms with Crippen LogP contribution in [-0.2, 0) is 10.0 Å². The molecule has 0 unspecified atom stereocenters. The third-order valence-electron chi connectivity index (χ3n) is 6.09. The lowest BCUT2D eigenvalue weighted by molar-refractivity contribution is 0.351. The van der Waals surface area contributed by atoms with Gasteiger partial charge in [0.05, 0.1) is 10.8 Å². The molecule has 0 amide bonds. The minimum atomic E-state index is -3.67. The molecule has 140 valence electrons. The van der Waals surface area contributed by atoms with Gasteiger partial charge in [-0.25, -0.2) is 13.6 Å². The van der Waals surface area contributed by atoms with Gasteiger partial charge in [0.25, 0.3) is 0 Å². The molecule has 1 aromatic heterocycles. The zero-order valence-electron chi connectivity index (χ0n) is 15.2. The summed E-state index contributed by atoms with van der Waals surface area (Å²) in [5.41, 5.74) is 1.07. The Morgan fingerprint density at radius 2 is 1.73 bits per heavy atom. The van der Waals surface area contributed by atoms with Crippen LogP contribution in [0.15, 0.2) is 33.7 Å². The molecule has 0 radical (unpaired) electrons. The molecule has 0 bridgehead atoms. The zero-order chi connectivity index (χ0) is 18.5. The summed E-state index contributed by atoms with van der Waals surface area (Å²) in [7, 11) is -3.67. The molecule has 2 N–H and O–H groups in total. The monoisotopic (exact) mass is 375 g/mol. The van der Waals surface area contributed by atoms with E-state index in [1.807, 2.05) is 12.1 Å². The maximum absolute atomic E-state index is 11.4. The lowest BCUT2D eigenvalue weighted by Gasteiger charge is -2.17. The fraction of sp³-hybridized carbons (Fsp3) is 0.579. The van der Waals surface area contributed by atoms with Crippen LogP contribution in [-0.4, -0.2) is 18.6 Å². The summed E-state index contributed by atoms with van der Waals surface area (Å²) in [4.78, 5) is 4.86. The van der Waals surface area contributed by atoms with Gasteiger partial charge >= 0.3 is 0 Å². The highest BCUT2D eigenvalue weighted by Gasteiger charge is 2.62. The van der Waals surface area contributed by atoms with Gasteiger partial charge in [-0.3, -0.25) is 0 Å². The van der Waals surface area contributed by atoms with E-state index >= 15 is 0 Å². The van der Waals surface area contributed by atoms with Crippen molar-refractivity contribution in [2.75, 3.05) is 0 Å². The van der Waals surface area contributed by atoms with Crippen molar-refractivity contribution in [2.24, 2.45) is 10.6 Å². The molecule has 0 saturated heterocycles. The van der Waals surface area contributed by atoms with Crippen molar-refractivity contribution in [1.29, 1.82) is 0 Å². The van der Waals surface area contributed by atoms with Crippen molar-refractivity contribution in [2.45, 2.75) is 68.6 Å². The van der Waals surface area contributed by atoms with Gasteiger partial charge in [-0.05, 0) is 36.0 Å². The van der Waals surface area contributed by atoms with Crippen LogP contribution in [0.25, 0.3) is 0 Å². The van der Waals surface area contributed by atoms with Crippen LogP contribution in [0, 0.1) is 5.41 Å². The molecule has 0 spiro atoms. The molecule has 2 aromatic rings. The first-order valence-electron chi connectivity index (χ1n) is 9.25. The Morgan fingerprint density at radius 1 is 1.08 bits per heavy atom. The molecule has 1 heterocycles. The van der Waals surface area contributed by atoms with Crippen LogP contribution < -0.4 is 5.14 Å². The molecule has 1 aromatic carbocycles. The first-order chi connectivity index (χ1) is 12.3. The maximum Gasteiger partial charge on any atom is 0.238 e. The molecule has 2 saturated carbocycles. The Morgan fingerprint density at radius 3 is 2.35 bits per heavy atom. The average Bonchev–Trinajstić information content (AvgIpc) is 2.95. The van der Waals surface area contributed by atoms with Crippen LogP contribution in [0.2, 0.25) is 0 Å². The summed E-state index contributed by atoms with van der Waals surface area (Å²) in [5.74, 6) is 2.38. The molecule has 6 nitrogen and oxygen atoms in total. The van der Waals surface area contributed by atoms with E-state index in [9.17, 15) is 8.42 Å². The molecule has 2 atom stereocenters. The van der Waals surface area contributed by atoms with Crippen molar-refractivity contribution < 1.29 is 12.9 Å². The summed E-state index contributed by atoms with van der Waals surface area (Å²) in [6.45, 7) is 4.36. The van der Waals surface area contributed by atoms with Crippen LogP contribution in [0.1, 0.15) is 81.0 Å². The number of sulfonamides is 1. The SMILES string of the molecule is CC1(C)[C@@H](c2ccc(S(N)(=O)=O)cc2)[C@@H]1c1nc(C2CCCCC2)no1. The highest BCUT2D eigenvalue weighted by atomic mass is 32.2. The number of rotatable bonds is 4. The van der Waals surface area contributed by atoms with E-state index in [-0.39, 0.29) is 22.1 Å². The third kappa shape index (κ3) is 3.07. The molecule has 26 heavy (non-hydrogen) atoms. The van der Waals surface area contributed by atoms with Crippen molar-refractivity contribution in [3.05, 3.63) is 41.5 Å². The summed E-state index contributed by atoms with van der Waals surface area (Å²) >= 11 is 0. The van der Waals surface area contributed by atoms with E-state index < -0.39 is 10.0 Å². The van der Waals surface area contributed by atoms with Gasteiger partial charge in [-0.15, -0.1) is 0 Å². The maximum atomic E-state index is 11.4. The first kappa shape index (κ1) is 17.7. The van der Waals surface area contributed by atoms with Crippen LogP contribution in [0.5, 0.6) is 0 Å². The standard InChI is InChI=1S/C19H25N3O3S/c1-19(2)15(12-8-10-14(11-9-12)26(20,23)24)16(19)18-21-17(22-25-18)13-6-4-3-5-7-13/h8-11,13,15-16H,3-7H2,1-2H3,(H2,20,23,24)/t15-,16+/m0/s1. The van der Waals surface area contributed by atoms with Crippen LogP contribution >= 0.6 is 0 Å². The van der Waals surface area contributed by atoms with Gasteiger partial charge < -0.3 is 4.52 Å². The van der Waals surface area contributed by atoms with Gasteiger partial charge in [0.2, 0.25) is 15.9 Å². The Hall–Kier alpha value is -1.73. The van der Waals surface area contributed by atoms with E-state index in [1.54, 1.807) is 12.1 Å². The number of hydrogen-bond donors (Lipinski definition) is 1. The lowest BCUT2D eigenvalue weighted by Crippen LogP contribution is -2.11. The normalized spacial score (nSPS) is 26.0. The van der Waals surface area contributed by atoms with Crippen LogP contribution in [0.3, 0.4) is 0 Å². The Kier molecular flexibility index (Phi) is 4.19. The molecule has 4 rings (SSSR count). The zero-order valence-corrected chi connectivity index (χ0v) is 16.0. The Labute approximate surface area is 154 Å². The average molecular weight is 375 g/mol. The second kappa shape index (κ2) is 6.16.